The highest BCUT2D eigenvalue weighted by atomic mass is 79.9. The monoisotopic (exact) mass is 345 g/mol. The molecule has 102 valence electrons. The van der Waals surface area contributed by atoms with Crippen molar-refractivity contribution in [3.8, 4) is 10.7 Å². The van der Waals surface area contributed by atoms with E-state index >= 15 is 0 Å². The summed E-state index contributed by atoms with van der Waals surface area (Å²) in [6.07, 6.45) is 0.0926. The maximum atomic E-state index is 10.5. The number of carboxylic acids is 1. The SMILES string of the molecule is CN(CCC(=O)O)Cc1nc(-c2ccc(Br)s2)no1. The van der Waals surface area contributed by atoms with Crippen LogP contribution in [-0.4, -0.2) is 39.7 Å². The molecule has 1 N–H and O–H groups in total. The molecule has 0 amide bonds. The summed E-state index contributed by atoms with van der Waals surface area (Å²) < 4.78 is 6.15. The molecular weight excluding hydrogens is 334 g/mol. The summed E-state index contributed by atoms with van der Waals surface area (Å²) in [5.74, 6) is 0.214. The zero-order valence-corrected chi connectivity index (χ0v) is 12.6. The Bertz CT molecular complexity index is 569. The van der Waals surface area contributed by atoms with Crippen LogP contribution in [0.3, 0.4) is 0 Å². The predicted molar refractivity (Wildman–Crippen MR) is 73.9 cm³/mol. The standard InChI is InChI=1S/C11H12BrN3O3S/c1-15(5-4-10(16)17)6-9-13-11(14-18-9)7-2-3-8(12)19-7/h2-3H,4-6H2,1H3,(H,16,17). The molecule has 0 aliphatic heterocycles. The first kappa shape index (κ1) is 14.2. The Morgan fingerprint density at radius 1 is 1.58 bits per heavy atom. The molecule has 8 heteroatoms. The van der Waals surface area contributed by atoms with Crippen LogP contribution < -0.4 is 0 Å². The summed E-state index contributed by atoms with van der Waals surface area (Å²) in [5.41, 5.74) is 0. The number of halogens is 1. The largest absolute Gasteiger partial charge is 0.481 e. The summed E-state index contributed by atoms with van der Waals surface area (Å²) >= 11 is 4.91. The second-order valence-electron chi connectivity index (χ2n) is 4.00. The van der Waals surface area contributed by atoms with Crippen molar-refractivity contribution in [3.63, 3.8) is 0 Å². The van der Waals surface area contributed by atoms with Crippen molar-refractivity contribution in [2.24, 2.45) is 0 Å². The lowest BCUT2D eigenvalue weighted by Crippen LogP contribution is -2.21. The van der Waals surface area contributed by atoms with Gasteiger partial charge in [0.15, 0.2) is 0 Å². The predicted octanol–water partition coefficient (Wildman–Crippen LogP) is 2.47. The fourth-order valence-electron chi connectivity index (χ4n) is 1.45. The van der Waals surface area contributed by atoms with E-state index in [0.717, 1.165) is 8.66 Å². The van der Waals surface area contributed by atoms with Crippen molar-refractivity contribution < 1.29 is 14.4 Å². The minimum absolute atomic E-state index is 0.0926. The topological polar surface area (TPSA) is 79.5 Å². The van der Waals surface area contributed by atoms with E-state index in [-0.39, 0.29) is 6.42 Å². The Balaban J connectivity index is 1.95. The van der Waals surface area contributed by atoms with Gasteiger partial charge in [-0.1, -0.05) is 5.16 Å². The molecule has 0 aromatic carbocycles. The van der Waals surface area contributed by atoms with Crippen LogP contribution in [0.4, 0.5) is 0 Å². The number of nitrogens with zero attached hydrogens (tertiary/aromatic N) is 3. The van der Waals surface area contributed by atoms with Gasteiger partial charge in [0.05, 0.1) is 21.6 Å². The van der Waals surface area contributed by atoms with E-state index in [1.165, 1.54) is 11.3 Å². The van der Waals surface area contributed by atoms with Crippen molar-refractivity contribution >= 4 is 33.2 Å². The number of aromatic nitrogens is 2. The van der Waals surface area contributed by atoms with Crippen molar-refractivity contribution in [1.29, 1.82) is 0 Å². The lowest BCUT2D eigenvalue weighted by Gasteiger charge is -2.11. The highest BCUT2D eigenvalue weighted by molar-refractivity contribution is 9.11. The smallest absolute Gasteiger partial charge is 0.304 e. The van der Waals surface area contributed by atoms with Gasteiger partial charge in [-0.3, -0.25) is 9.69 Å². The number of carboxylic acid groups (broad SMARTS) is 1. The zero-order chi connectivity index (χ0) is 13.8. The van der Waals surface area contributed by atoms with Gasteiger partial charge in [-0.15, -0.1) is 11.3 Å². The molecule has 19 heavy (non-hydrogen) atoms. The number of hydrogen-bond donors (Lipinski definition) is 1. The minimum Gasteiger partial charge on any atom is -0.481 e. The third-order valence-corrected chi connectivity index (χ3v) is 3.99. The molecule has 0 saturated heterocycles. The van der Waals surface area contributed by atoms with Crippen LogP contribution in [0.15, 0.2) is 20.4 Å². The summed E-state index contributed by atoms with van der Waals surface area (Å²) in [7, 11) is 1.81. The van der Waals surface area contributed by atoms with Gasteiger partial charge in [0.25, 0.3) is 0 Å². The molecule has 2 heterocycles. The third kappa shape index (κ3) is 4.12. The maximum Gasteiger partial charge on any atom is 0.304 e. The lowest BCUT2D eigenvalue weighted by molar-refractivity contribution is -0.137. The van der Waals surface area contributed by atoms with Crippen LogP contribution in [0.1, 0.15) is 12.3 Å². The van der Waals surface area contributed by atoms with Crippen molar-refractivity contribution in [3.05, 3.63) is 21.8 Å². The molecule has 6 nitrogen and oxygen atoms in total. The second kappa shape index (κ2) is 6.27. The highest BCUT2D eigenvalue weighted by Crippen LogP contribution is 2.29. The van der Waals surface area contributed by atoms with Crippen LogP contribution in [0.2, 0.25) is 0 Å². The molecule has 2 aromatic rings. The zero-order valence-electron chi connectivity index (χ0n) is 10.2. The molecule has 0 radical (unpaired) electrons. The Kier molecular flexibility index (Phi) is 4.67. The quantitative estimate of drug-likeness (QED) is 0.866. The van der Waals surface area contributed by atoms with E-state index in [1.54, 1.807) is 0 Å². The molecule has 0 fully saturated rings. The van der Waals surface area contributed by atoms with E-state index in [0.29, 0.717) is 24.8 Å². The van der Waals surface area contributed by atoms with Crippen molar-refractivity contribution in [2.45, 2.75) is 13.0 Å². The van der Waals surface area contributed by atoms with E-state index in [2.05, 4.69) is 26.1 Å². The number of carbonyl (C=O) groups is 1. The van der Waals surface area contributed by atoms with Gasteiger partial charge in [0, 0.05) is 6.54 Å². The van der Waals surface area contributed by atoms with Crippen LogP contribution in [0.5, 0.6) is 0 Å². The fraction of sp³-hybridized carbons (Fsp3) is 0.364. The van der Waals surface area contributed by atoms with E-state index in [4.69, 9.17) is 9.63 Å². The van der Waals surface area contributed by atoms with Crippen LogP contribution in [-0.2, 0) is 11.3 Å². The second-order valence-corrected chi connectivity index (χ2v) is 6.46. The summed E-state index contributed by atoms with van der Waals surface area (Å²) in [6.45, 7) is 0.879. The van der Waals surface area contributed by atoms with Gasteiger partial charge in [-0.25, -0.2) is 0 Å². The molecule has 0 aliphatic rings. The lowest BCUT2D eigenvalue weighted by atomic mass is 10.4. The molecule has 0 bridgehead atoms. The highest BCUT2D eigenvalue weighted by Gasteiger charge is 2.12. The van der Waals surface area contributed by atoms with Gasteiger partial charge in [0.1, 0.15) is 0 Å². The molecule has 2 rings (SSSR count). The Morgan fingerprint density at radius 2 is 2.37 bits per heavy atom. The first-order valence-corrected chi connectivity index (χ1v) is 7.14. The Labute approximate surface area is 122 Å². The molecule has 2 aromatic heterocycles. The van der Waals surface area contributed by atoms with E-state index < -0.39 is 5.97 Å². The Hall–Kier alpha value is -1.25. The summed E-state index contributed by atoms with van der Waals surface area (Å²) in [5, 5.41) is 12.5. The summed E-state index contributed by atoms with van der Waals surface area (Å²) in [6, 6.07) is 3.84. The van der Waals surface area contributed by atoms with Gasteiger partial charge < -0.3 is 9.63 Å². The molecule has 0 aliphatic carbocycles. The number of thiophene rings is 1. The number of aliphatic carboxylic acids is 1. The van der Waals surface area contributed by atoms with Gasteiger partial charge in [0.2, 0.25) is 11.7 Å². The van der Waals surface area contributed by atoms with E-state index in [1.807, 2.05) is 24.1 Å². The molecule has 0 saturated carbocycles. The minimum atomic E-state index is -0.818. The van der Waals surface area contributed by atoms with E-state index in [9.17, 15) is 4.79 Å². The molecule has 0 atom stereocenters. The number of rotatable bonds is 6. The van der Waals surface area contributed by atoms with Gasteiger partial charge >= 0.3 is 5.97 Å². The Morgan fingerprint density at radius 3 is 3.00 bits per heavy atom. The van der Waals surface area contributed by atoms with Crippen LogP contribution >= 0.6 is 27.3 Å². The van der Waals surface area contributed by atoms with Crippen LogP contribution in [0, 0.1) is 0 Å². The van der Waals surface area contributed by atoms with Gasteiger partial charge in [-0.2, -0.15) is 4.98 Å². The molecule has 0 spiro atoms. The van der Waals surface area contributed by atoms with Gasteiger partial charge in [-0.05, 0) is 35.1 Å². The average Bonchev–Trinajstić information content (AvgIpc) is 2.95. The average molecular weight is 346 g/mol. The molecular formula is C11H12BrN3O3S. The summed E-state index contributed by atoms with van der Waals surface area (Å²) in [4.78, 5) is 17.5. The normalized spacial score (nSPS) is 11.1. The fourth-order valence-corrected chi connectivity index (χ4v) is 2.76. The van der Waals surface area contributed by atoms with Crippen LogP contribution in [0.25, 0.3) is 10.7 Å². The van der Waals surface area contributed by atoms with Crippen molar-refractivity contribution in [2.75, 3.05) is 13.6 Å². The molecule has 0 unspecified atom stereocenters. The maximum absolute atomic E-state index is 10.5. The number of hydrogen-bond acceptors (Lipinski definition) is 6. The van der Waals surface area contributed by atoms with Crippen molar-refractivity contribution in [1.82, 2.24) is 15.0 Å². The first-order chi connectivity index (χ1) is 9.04. The third-order valence-electron chi connectivity index (χ3n) is 2.37. The first-order valence-electron chi connectivity index (χ1n) is 5.53.